The summed E-state index contributed by atoms with van der Waals surface area (Å²) in [6.07, 6.45) is 0.628. The third-order valence-electron chi connectivity index (χ3n) is 2.52. The van der Waals surface area contributed by atoms with Gasteiger partial charge >= 0.3 is 0 Å². The maximum absolute atomic E-state index is 11.6. The molecular weight excluding hydrogens is 182 g/mol. The van der Waals surface area contributed by atoms with Crippen molar-refractivity contribution >= 4 is 5.91 Å². The Bertz CT molecular complexity index is 200. The van der Waals surface area contributed by atoms with Crippen molar-refractivity contribution in [3.05, 3.63) is 0 Å². The number of hydrogen-bond donors (Lipinski definition) is 2. The van der Waals surface area contributed by atoms with Crippen LogP contribution in [0.3, 0.4) is 0 Å². The molecule has 82 valence electrons. The Morgan fingerprint density at radius 1 is 1.57 bits per heavy atom. The second-order valence-electron chi connectivity index (χ2n) is 3.81. The van der Waals surface area contributed by atoms with Crippen molar-refractivity contribution in [2.75, 3.05) is 26.3 Å². The minimum absolute atomic E-state index is 0.123. The van der Waals surface area contributed by atoms with Gasteiger partial charge in [0.1, 0.15) is 0 Å². The Hall–Kier alpha value is -0.650. The molecule has 0 radical (unpaired) electrons. The van der Waals surface area contributed by atoms with E-state index in [9.17, 15) is 4.79 Å². The summed E-state index contributed by atoms with van der Waals surface area (Å²) >= 11 is 0. The lowest BCUT2D eigenvalue weighted by Gasteiger charge is -2.30. The number of morpholine rings is 1. The van der Waals surface area contributed by atoms with E-state index in [4.69, 9.17) is 10.5 Å². The normalized spacial score (nSPS) is 22.8. The van der Waals surface area contributed by atoms with Crippen molar-refractivity contribution in [3.63, 3.8) is 0 Å². The molecule has 14 heavy (non-hydrogen) atoms. The fourth-order valence-electron chi connectivity index (χ4n) is 1.11. The molecule has 0 bridgehead atoms. The third-order valence-corrected chi connectivity index (χ3v) is 2.52. The van der Waals surface area contributed by atoms with Crippen molar-refractivity contribution < 1.29 is 9.53 Å². The summed E-state index contributed by atoms with van der Waals surface area (Å²) in [7, 11) is 0. The van der Waals surface area contributed by atoms with E-state index in [0.29, 0.717) is 19.6 Å². The highest BCUT2D eigenvalue weighted by Crippen LogP contribution is 2.05. The number of nitrogens with two attached hydrogens (primary N) is 1. The van der Waals surface area contributed by atoms with Gasteiger partial charge in [0.25, 0.3) is 5.91 Å². The topological polar surface area (TPSA) is 67.6 Å². The summed E-state index contributed by atoms with van der Waals surface area (Å²) in [5.41, 5.74) is 7.83. The number of carbonyl (C=O) groups is 1. The van der Waals surface area contributed by atoms with Crippen LogP contribution in [0.15, 0.2) is 0 Å². The van der Waals surface area contributed by atoms with Crippen LogP contribution in [0.2, 0.25) is 0 Å². The average Bonchev–Trinajstić information content (AvgIpc) is 2.19. The minimum Gasteiger partial charge on any atom is -0.379 e. The van der Waals surface area contributed by atoms with E-state index in [1.165, 1.54) is 0 Å². The van der Waals surface area contributed by atoms with Crippen LogP contribution < -0.4 is 11.2 Å². The average molecular weight is 201 g/mol. The number of hydrazine groups is 1. The molecule has 0 aromatic rings. The van der Waals surface area contributed by atoms with Crippen molar-refractivity contribution in [1.29, 1.82) is 0 Å². The molecule has 1 fully saturated rings. The molecule has 1 aliphatic rings. The third kappa shape index (κ3) is 2.94. The molecule has 0 spiro atoms. The first kappa shape index (κ1) is 11.4. The number of nitrogens with zero attached hydrogens (tertiary/aromatic N) is 1. The molecule has 1 atom stereocenters. The predicted octanol–water partition coefficient (Wildman–Crippen LogP) is -0.523. The lowest BCUT2D eigenvalue weighted by molar-refractivity contribution is -0.133. The summed E-state index contributed by atoms with van der Waals surface area (Å²) in [5, 5.41) is 1.85. The largest absolute Gasteiger partial charge is 0.379 e. The molecule has 1 saturated heterocycles. The van der Waals surface area contributed by atoms with Crippen LogP contribution in [0, 0.1) is 0 Å². The summed E-state index contributed by atoms with van der Waals surface area (Å²) in [6.45, 7) is 6.42. The SMILES string of the molecule is CCC(C)(N)C(=O)NN1CCOCC1. The van der Waals surface area contributed by atoms with Gasteiger partial charge in [-0.05, 0) is 13.3 Å². The van der Waals surface area contributed by atoms with Gasteiger partial charge in [0.05, 0.1) is 18.8 Å². The highest BCUT2D eigenvalue weighted by Gasteiger charge is 2.27. The van der Waals surface area contributed by atoms with Crippen LogP contribution in [-0.4, -0.2) is 42.8 Å². The van der Waals surface area contributed by atoms with Crippen LogP contribution in [0.5, 0.6) is 0 Å². The Labute approximate surface area is 84.5 Å². The van der Waals surface area contributed by atoms with E-state index in [1.54, 1.807) is 6.92 Å². The molecule has 1 rings (SSSR count). The Morgan fingerprint density at radius 3 is 2.64 bits per heavy atom. The van der Waals surface area contributed by atoms with Gasteiger partial charge in [0, 0.05) is 13.1 Å². The molecule has 1 unspecified atom stereocenters. The summed E-state index contributed by atoms with van der Waals surface area (Å²) < 4.78 is 5.17. The quantitative estimate of drug-likeness (QED) is 0.644. The molecule has 0 aliphatic carbocycles. The van der Waals surface area contributed by atoms with Crippen LogP contribution in [0.25, 0.3) is 0 Å². The van der Waals surface area contributed by atoms with E-state index >= 15 is 0 Å². The van der Waals surface area contributed by atoms with Gasteiger partial charge in [0.2, 0.25) is 0 Å². The number of ether oxygens (including phenoxy) is 1. The molecule has 0 aromatic heterocycles. The van der Waals surface area contributed by atoms with Gasteiger partial charge in [-0.15, -0.1) is 0 Å². The molecule has 5 heteroatoms. The van der Waals surface area contributed by atoms with Gasteiger partial charge in [0.15, 0.2) is 0 Å². The number of nitrogens with one attached hydrogen (secondary N) is 1. The first-order valence-electron chi connectivity index (χ1n) is 4.99. The fourth-order valence-corrected chi connectivity index (χ4v) is 1.11. The molecule has 5 nitrogen and oxygen atoms in total. The second kappa shape index (κ2) is 4.72. The zero-order chi connectivity index (χ0) is 10.6. The smallest absolute Gasteiger partial charge is 0.254 e. The van der Waals surface area contributed by atoms with Crippen molar-refractivity contribution in [2.24, 2.45) is 5.73 Å². The lowest BCUT2D eigenvalue weighted by Crippen LogP contribution is -2.58. The number of hydrogen-bond acceptors (Lipinski definition) is 4. The molecule has 1 aliphatic heterocycles. The van der Waals surface area contributed by atoms with E-state index in [2.05, 4.69) is 5.43 Å². The standard InChI is InChI=1S/C9H19N3O2/c1-3-9(2,10)8(13)11-12-4-6-14-7-5-12/h3-7,10H2,1-2H3,(H,11,13). The first-order valence-corrected chi connectivity index (χ1v) is 4.99. The minimum atomic E-state index is -0.779. The highest BCUT2D eigenvalue weighted by molar-refractivity contribution is 5.85. The van der Waals surface area contributed by atoms with Gasteiger partial charge in [-0.3, -0.25) is 10.2 Å². The second-order valence-corrected chi connectivity index (χ2v) is 3.81. The van der Waals surface area contributed by atoms with E-state index in [0.717, 1.165) is 13.1 Å². The fraction of sp³-hybridized carbons (Fsp3) is 0.889. The maximum atomic E-state index is 11.6. The van der Waals surface area contributed by atoms with Crippen molar-refractivity contribution in [2.45, 2.75) is 25.8 Å². The van der Waals surface area contributed by atoms with Crippen LogP contribution in [0.1, 0.15) is 20.3 Å². The molecule has 0 saturated carbocycles. The zero-order valence-electron chi connectivity index (χ0n) is 8.88. The van der Waals surface area contributed by atoms with E-state index in [1.807, 2.05) is 11.9 Å². The van der Waals surface area contributed by atoms with E-state index in [-0.39, 0.29) is 5.91 Å². The molecule has 0 aromatic carbocycles. The summed E-state index contributed by atoms with van der Waals surface area (Å²) in [4.78, 5) is 11.6. The summed E-state index contributed by atoms with van der Waals surface area (Å²) in [5.74, 6) is -0.123. The summed E-state index contributed by atoms with van der Waals surface area (Å²) in [6, 6.07) is 0. The van der Waals surface area contributed by atoms with Crippen molar-refractivity contribution in [3.8, 4) is 0 Å². The highest BCUT2D eigenvalue weighted by atomic mass is 16.5. The number of carbonyl (C=O) groups excluding carboxylic acids is 1. The maximum Gasteiger partial charge on any atom is 0.254 e. The predicted molar refractivity (Wildman–Crippen MR) is 53.4 cm³/mol. The van der Waals surface area contributed by atoms with Gasteiger partial charge in [-0.25, -0.2) is 5.01 Å². The van der Waals surface area contributed by atoms with Gasteiger partial charge < -0.3 is 10.5 Å². The number of amides is 1. The molecule has 3 N–H and O–H groups in total. The molecule has 1 amide bonds. The Balaban J connectivity index is 2.39. The Morgan fingerprint density at radius 2 is 2.14 bits per heavy atom. The van der Waals surface area contributed by atoms with Crippen LogP contribution in [-0.2, 0) is 9.53 Å². The first-order chi connectivity index (χ1) is 6.56. The zero-order valence-corrected chi connectivity index (χ0v) is 8.88. The number of rotatable bonds is 3. The Kier molecular flexibility index (Phi) is 3.86. The lowest BCUT2D eigenvalue weighted by atomic mass is 10.0. The monoisotopic (exact) mass is 201 g/mol. The van der Waals surface area contributed by atoms with Crippen LogP contribution >= 0.6 is 0 Å². The molecule has 1 heterocycles. The van der Waals surface area contributed by atoms with Crippen molar-refractivity contribution in [1.82, 2.24) is 10.4 Å². The van der Waals surface area contributed by atoms with E-state index < -0.39 is 5.54 Å². The van der Waals surface area contributed by atoms with Crippen LogP contribution in [0.4, 0.5) is 0 Å². The van der Waals surface area contributed by atoms with Gasteiger partial charge in [-0.1, -0.05) is 6.92 Å². The van der Waals surface area contributed by atoms with Gasteiger partial charge in [-0.2, -0.15) is 0 Å². The molecular formula is C9H19N3O2.